The normalized spacial score (nSPS) is 36.1. The average Bonchev–Trinajstić information content (AvgIpc) is 3.63. The Morgan fingerprint density at radius 1 is 1.31 bits per heavy atom. The highest BCUT2D eigenvalue weighted by Crippen LogP contribution is 2.52. The summed E-state index contributed by atoms with van der Waals surface area (Å²) in [5.74, 6) is 2.31. The summed E-state index contributed by atoms with van der Waals surface area (Å²) in [5, 5.41) is 3.32. The van der Waals surface area contributed by atoms with Gasteiger partial charge in [-0.1, -0.05) is 6.07 Å². The molecule has 5 heteroatoms. The van der Waals surface area contributed by atoms with Crippen molar-refractivity contribution in [3.63, 3.8) is 0 Å². The molecule has 1 N–H and O–H groups in total. The highest BCUT2D eigenvalue weighted by atomic mass is 16.5. The molecular weight excluding hydrogens is 364 g/mol. The fraction of sp³-hybridized carbons (Fsp3) is 0.708. The number of rotatable bonds is 5. The van der Waals surface area contributed by atoms with E-state index >= 15 is 0 Å². The second-order valence-electron chi connectivity index (χ2n) is 10.1. The van der Waals surface area contributed by atoms with Crippen LogP contribution in [0, 0.1) is 11.8 Å². The van der Waals surface area contributed by atoms with Crippen LogP contribution < -0.4 is 10.1 Å². The van der Waals surface area contributed by atoms with Crippen molar-refractivity contribution in [2.75, 3.05) is 26.8 Å². The number of nitrogens with zero attached hydrogens (tertiary/aromatic N) is 1. The number of amides is 1. The molecule has 5 aliphatic rings. The molecule has 2 heterocycles. The lowest BCUT2D eigenvalue weighted by atomic mass is 9.58. The lowest BCUT2D eigenvalue weighted by Crippen LogP contribution is -2.68. The number of likely N-dealkylation sites (tertiary alicyclic amines) is 1. The number of benzene rings is 1. The molecule has 3 aliphatic carbocycles. The van der Waals surface area contributed by atoms with Crippen LogP contribution in [0.25, 0.3) is 0 Å². The summed E-state index contributed by atoms with van der Waals surface area (Å²) in [5.41, 5.74) is 2.85. The summed E-state index contributed by atoms with van der Waals surface area (Å²) >= 11 is 0. The fourth-order valence-corrected chi connectivity index (χ4v) is 6.22. The minimum absolute atomic E-state index is 0.00735. The predicted octanol–water partition coefficient (Wildman–Crippen LogP) is 2.66. The van der Waals surface area contributed by atoms with Gasteiger partial charge in [0.05, 0.1) is 25.9 Å². The van der Waals surface area contributed by atoms with Crippen LogP contribution in [0.5, 0.6) is 5.75 Å². The van der Waals surface area contributed by atoms with E-state index in [-0.39, 0.29) is 29.4 Å². The maximum atomic E-state index is 12.4. The third kappa shape index (κ3) is 3.09. The average molecular weight is 397 g/mol. The van der Waals surface area contributed by atoms with Crippen molar-refractivity contribution in [3.8, 4) is 5.75 Å². The van der Waals surface area contributed by atoms with Crippen molar-refractivity contribution in [1.29, 1.82) is 0 Å². The first-order valence-corrected chi connectivity index (χ1v) is 11.5. The molecule has 2 saturated heterocycles. The summed E-state index contributed by atoms with van der Waals surface area (Å²) < 4.78 is 12.2. The number of ether oxygens (including phenoxy) is 2. The number of hydrogen-bond acceptors (Lipinski definition) is 4. The quantitative estimate of drug-likeness (QED) is 0.831. The van der Waals surface area contributed by atoms with E-state index in [1.54, 1.807) is 7.11 Å². The van der Waals surface area contributed by atoms with Crippen LogP contribution >= 0.6 is 0 Å². The SMILES string of the molecule is COc1ccc2c(c1)[C@]13CCN(CC4CC4)[C@H](C2)C1OCC(NC(=O)C1CC1)C3. The number of nitrogens with one attached hydrogen (secondary N) is 1. The Morgan fingerprint density at radius 3 is 2.93 bits per heavy atom. The lowest BCUT2D eigenvalue weighted by Gasteiger charge is -2.59. The van der Waals surface area contributed by atoms with Crippen LogP contribution in [-0.4, -0.2) is 55.8 Å². The molecule has 4 fully saturated rings. The first-order chi connectivity index (χ1) is 14.2. The largest absolute Gasteiger partial charge is 0.497 e. The molecule has 1 aromatic rings. The van der Waals surface area contributed by atoms with Crippen molar-refractivity contribution in [1.82, 2.24) is 10.2 Å². The molecule has 156 valence electrons. The minimum Gasteiger partial charge on any atom is -0.497 e. The number of carbonyl (C=O) groups excluding carboxylic acids is 1. The number of methoxy groups -OCH3 is 1. The lowest BCUT2D eigenvalue weighted by molar-refractivity contribution is -0.144. The van der Waals surface area contributed by atoms with Crippen LogP contribution in [0.2, 0.25) is 0 Å². The second kappa shape index (κ2) is 6.71. The van der Waals surface area contributed by atoms with E-state index < -0.39 is 0 Å². The third-order valence-electron chi connectivity index (χ3n) is 8.06. The van der Waals surface area contributed by atoms with Gasteiger partial charge in [0.15, 0.2) is 0 Å². The zero-order chi connectivity index (χ0) is 19.6. The third-order valence-corrected chi connectivity index (χ3v) is 8.06. The highest BCUT2D eigenvalue weighted by Gasteiger charge is 2.57. The number of carbonyl (C=O) groups is 1. The van der Waals surface area contributed by atoms with Crippen molar-refractivity contribution in [2.24, 2.45) is 11.8 Å². The molecule has 2 bridgehead atoms. The summed E-state index contributed by atoms with van der Waals surface area (Å²) in [7, 11) is 1.75. The van der Waals surface area contributed by atoms with Crippen LogP contribution in [0.4, 0.5) is 0 Å². The van der Waals surface area contributed by atoms with E-state index in [1.807, 2.05) is 0 Å². The Kier molecular flexibility index (Phi) is 4.21. The van der Waals surface area contributed by atoms with Gasteiger partial charge in [-0.15, -0.1) is 0 Å². The summed E-state index contributed by atoms with van der Waals surface area (Å²) in [6, 6.07) is 7.21. The number of piperidine rings is 1. The van der Waals surface area contributed by atoms with Crippen LogP contribution in [0.3, 0.4) is 0 Å². The van der Waals surface area contributed by atoms with Crippen LogP contribution in [-0.2, 0) is 21.4 Å². The Labute approximate surface area is 173 Å². The van der Waals surface area contributed by atoms with E-state index in [2.05, 4.69) is 28.4 Å². The van der Waals surface area contributed by atoms with Gasteiger partial charge in [-0.3, -0.25) is 9.69 Å². The van der Waals surface area contributed by atoms with Gasteiger partial charge in [-0.2, -0.15) is 0 Å². The van der Waals surface area contributed by atoms with Gasteiger partial charge in [0, 0.05) is 23.9 Å². The van der Waals surface area contributed by atoms with Crippen LogP contribution in [0.15, 0.2) is 18.2 Å². The Hall–Kier alpha value is -1.59. The zero-order valence-electron chi connectivity index (χ0n) is 17.4. The van der Waals surface area contributed by atoms with E-state index in [0.29, 0.717) is 12.6 Å². The van der Waals surface area contributed by atoms with Gasteiger partial charge >= 0.3 is 0 Å². The molecule has 5 nitrogen and oxygen atoms in total. The molecule has 0 aromatic heterocycles. The second-order valence-corrected chi connectivity index (χ2v) is 10.1. The van der Waals surface area contributed by atoms with Gasteiger partial charge in [-0.25, -0.2) is 0 Å². The highest BCUT2D eigenvalue weighted by molar-refractivity contribution is 5.81. The molecule has 2 saturated carbocycles. The molecule has 0 spiro atoms. The van der Waals surface area contributed by atoms with Crippen LogP contribution in [0.1, 0.15) is 49.7 Å². The molecule has 2 aliphatic heterocycles. The monoisotopic (exact) mass is 396 g/mol. The molecule has 29 heavy (non-hydrogen) atoms. The Morgan fingerprint density at radius 2 is 2.17 bits per heavy atom. The van der Waals surface area contributed by atoms with Gasteiger partial charge in [-0.05, 0) is 80.7 Å². The molecule has 1 aromatic carbocycles. The summed E-state index contributed by atoms with van der Waals surface area (Å²) in [4.78, 5) is 15.2. The molecule has 2 unspecified atom stereocenters. The predicted molar refractivity (Wildman–Crippen MR) is 110 cm³/mol. The van der Waals surface area contributed by atoms with Crippen molar-refractivity contribution in [2.45, 2.75) is 68.5 Å². The molecule has 0 radical (unpaired) electrons. The van der Waals surface area contributed by atoms with Gasteiger partial charge in [0.25, 0.3) is 0 Å². The maximum Gasteiger partial charge on any atom is 0.223 e. The topological polar surface area (TPSA) is 50.8 Å². The van der Waals surface area contributed by atoms with E-state index in [0.717, 1.165) is 50.3 Å². The van der Waals surface area contributed by atoms with Gasteiger partial charge in [0.2, 0.25) is 5.91 Å². The minimum atomic E-state index is -0.00735. The molecular formula is C24H32N2O3. The first-order valence-electron chi connectivity index (χ1n) is 11.5. The van der Waals surface area contributed by atoms with E-state index in [4.69, 9.17) is 9.47 Å². The molecule has 6 rings (SSSR count). The maximum absolute atomic E-state index is 12.4. The van der Waals surface area contributed by atoms with Crippen molar-refractivity contribution < 1.29 is 14.3 Å². The fourth-order valence-electron chi connectivity index (χ4n) is 6.22. The summed E-state index contributed by atoms with van der Waals surface area (Å²) in [6.45, 7) is 3.02. The van der Waals surface area contributed by atoms with Crippen molar-refractivity contribution >= 4 is 5.91 Å². The molecule has 1 amide bonds. The first kappa shape index (κ1) is 18.2. The smallest absolute Gasteiger partial charge is 0.223 e. The Bertz CT molecular complexity index is 818. The van der Waals surface area contributed by atoms with Crippen molar-refractivity contribution in [3.05, 3.63) is 29.3 Å². The standard InChI is InChI=1S/C24H32N2O3/c1-28-19-7-6-17-10-21-22-24(20(17)11-19,8-9-26(21)13-15-2-3-15)12-18(14-29-22)25-23(27)16-4-5-16/h6-7,11,15-16,18,21-22H,2-5,8-10,12-14H2,1H3,(H,25,27)/t18?,21-,22?,24-/m1/s1. The number of fused-ring (bicyclic) bond motifs is 1. The summed E-state index contributed by atoms with van der Waals surface area (Å²) in [6.07, 6.45) is 8.27. The van der Waals surface area contributed by atoms with E-state index in [9.17, 15) is 4.79 Å². The van der Waals surface area contributed by atoms with E-state index in [1.165, 1.54) is 30.5 Å². The van der Waals surface area contributed by atoms with Gasteiger partial charge < -0.3 is 14.8 Å². The number of hydrogen-bond donors (Lipinski definition) is 1. The zero-order valence-corrected chi connectivity index (χ0v) is 17.4. The molecule has 4 atom stereocenters. The van der Waals surface area contributed by atoms with Gasteiger partial charge in [0.1, 0.15) is 5.75 Å². The Balaban J connectivity index is 1.34.